The summed E-state index contributed by atoms with van der Waals surface area (Å²) >= 11 is 0. The van der Waals surface area contributed by atoms with Crippen LogP contribution in [-0.4, -0.2) is 8.07 Å². The number of rotatable bonds is 1. The first kappa shape index (κ1) is 16.4. The van der Waals surface area contributed by atoms with E-state index in [-0.39, 0.29) is 19.5 Å². The van der Waals surface area contributed by atoms with Crippen LogP contribution in [0.2, 0.25) is 25.7 Å². The van der Waals surface area contributed by atoms with E-state index in [2.05, 4.69) is 33.5 Å². The first-order valence-corrected chi connectivity index (χ1v) is 6.77. The second-order valence-corrected chi connectivity index (χ2v) is 8.43. The molecule has 0 fully saturated rings. The van der Waals surface area contributed by atoms with Crippen molar-refractivity contribution in [3.05, 3.63) is 13.8 Å². The standard InChI is InChI=1S/C5H13Si.C2H5.Rh/c1-5-6(2,3)4;1-2;/h1,5H2,2-4H3;1H2,2H3;/q2*-1;+2. The van der Waals surface area contributed by atoms with Gasteiger partial charge in [0.05, 0.1) is 0 Å². The van der Waals surface area contributed by atoms with Crippen LogP contribution < -0.4 is 0 Å². The van der Waals surface area contributed by atoms with E-state index < -0.39 is 8.07 Å². The normalized spacial score (nSPS) is 8.67. The molecule has 2 heteroatoms. The summed E-state index contributed by atoms with van der Waals surface area (Å²) in [5.41, 5.74) is 0. The van der Waals surface area contributed by atoms with E-state index >= 15 is 0 Å². The summed E-state index contributed by atoms with van der Waals surface area (Å²) in [5.74, 6) is 0. The summed E-state index contributed by atoms with van der Waals surface area (Å²) in [6, 6.07) is 1.16. The predicted molar refractivity (Wildman–Crippen MR) is 44.5 cm³/mol. The molecule has 0 unspecified atom stereocenters. The van der Waals surface area contributed by atoms with Gasteiger partial charge in [-0.15, -0.1) is 0 Å². The van der Waals surface area contributed by atoms with Crippen LogP contribution in [0.3, 0.4) is 0 Å². The molecule has 9 heavy (non-hydrogen) atoms. The third-order valence-electron chi connectivity index (χ3n) is 0.750. The van der Waals surface area contributed by atoms with Gasteiger partial charge in [0.15, 0.2) is 0 Å². The Bertz CT molecular complexity index is 38.7. The van der Waals surface area contributed by atoms with E-state index in [1.165, 1.54) is 0 Å². The maximum Gasteiger partial charge on any atom is 2.00 e. The Morgan fingerprint density at radius 2 is 1.22 bits per heavy atom. The summed E-state index contributed by atoms with van der Waals surface area (Å²) < 4.78 is 0. The molecule has 1 radical (unpaired) electrons. The molecule has 0 aromatic heterocycles. The van der Waals surface area contributed by atoms with Crippen molar-refractivity contribution in [1.29, 1.82) is 0 Å². The molecule has 0 bridgehead atoms. The monoisotopic (exact) mass is 233 g/mol. The Hall–Kier alpha value is 0.840. The second-order valence-electron chi connectivity index (χ2n) is 2.81. The van der Waals surface area contributed by atoms with Crippen LogP contribution in [-0.2, 0) is 19.5 Å². The molecule has 59 valence electrons. The van der Waals surface area contributed by atoms with Crippen molar-refractivity contribution in [2.45, 2.75) is 32.6 Å². The Morgan fingerprint density at radius 1 is 1.11 bits per heavy atom. The van der Waals surface area contributed by atoms with Crippen molar-refractivity contribution in [2.24, 2.45) is 0 Å². The van der Waals surface area contributed by atoms with Crippen molar-refractivity contribution >= 4 is 8.07 Å². The largest absolute Gasteiger partial charge is 2.00 e. The average Bonchev–Trinajstić information content (AvgIpc) is 1.71. The molecular formula is C7H18RhSi. The van der Waals surface area contributed by atoms with E-state index in [4.69, 9.17) is 0 Å². The van der Waals surface area contributed by atoms with Crippen molar-refractivity contribution < 1.29 is 19.5 Å². The summed E-state index contributed by atoms with van der Waals surface area (Å²) in [5, 5.41) is 0. The predicted octanol–water partition coefficient (Wildman–Crippen LogP) is 3.00. The minimum atomic E-state index is -0.742. The molecule has 0 N–H and O–H groups in total. The molecule has 0 aromatic rings. The summed E-state index contributed by atoms with van der Waals surface area (Å²) in [7, 11) is -0.742. The van der Waals surface area contributed by atoms with Crippen molar-refractivity contribution in [2.75, 3.05) is 0 Å². The van der Waals surface area contributed by atoms with Crippen molar-refractivity contribution in [3.63, 3.8) is 0 Å². The van der Waals surface area contributed by atoms with Gasteiger partial charge in [-0.2, -0.15) is 13.0 Å². The third kappa shape index (κ3) is 28.0. The van der Waals surface area contributed by atoms with Gasteiger partial charge < -0.3 is 13.8 Å². The zero-order valence-corrected chi connectivity index (χ0v) is 9.59. The van der Waals surface area contributed by atoms with E-state index in [1.807, 2.05) is 0 Å². The van der Waals surface area contributed by atoms with Crippen LogP contribution in [0.25, 0.3) is 0 Å². The fraction of sp³-hybridized carbons (Fsp3) is 0.714. The van der Waals surface area contributed by atoms with E-state index in [9.17, 15) is 0 Å². The Balaban J connectivity index is -0.000000109. The third-order valence-corrected chi connectivity index (χ3v) is 2.25. The van der Waals surface area contributed by atoms with Gasteiger partial charge >= 0.3 is 19.5 Å². The summed E-state index contributed by atoms with van der Waals surface area (Å²) in [6.07, 6.45) is 0. The quantitative estimate of drug-likeness (QED) is 0.482. The molecular weight excluding hydrogens is 215 g/mol. The van der Waals surface area contributed by atoms with Crippen LogP contribution in [0.15, 0.2) is 0 Å². The molecule has 0 aliphatic carbocycles. The van der Waals surface area contributed by atoms with Gasteiger partial charge in [0.1, 0.15) is 0 Å². The van der Waals surface area contributed by atoms with Gasteiger partial charge in [-0.1, -0.05) is 19.6 Å². The zero-order chi connectivity index (χ0) is 7.21. The molecule has 0 saturated heterocycles. The van der Waals surface area contributed by atoms with Gasteiger partial charge in [0, 0.05) is 8.07 Å². The Morgan fingerprint density at radius 3 is 1.22 bits per heavy atom. The Labute approximate surface area is 74.2 Å². The van der Waals surface area contributed by atoms with Gasteiger partial charge in [0.2, 0.25) is 0 Å². The first-order chi connectivity index (χ1) is 3.56. The van der Waals surface area contributed by atoms with Gasteiger partial charge in [-0.3, -0.25) is 0 Å². The van der Waals surface area contributed by atoms with Crippen molar-refractivity contribution in [1.82, 2.24) is 0 Å². The fourth-order valence-corrected chi connectivity index (χ4v) is 0. The van der Waals surface area contributed by atoms with Crippen LogP contribution in [0.5, 0.6) is 0 Å². The Kier molecular flexibility index (Phi) is 16.1. The summed E-state index contributed by atoms with van der Waals surface area (Å²) in [4.78, 5) is 0. The molecule has 0 aliphatic rings. The van der Waals surface area contributed by atoms with E-state index in [1.54, 1.807) is 6.92 Å². The molecule has 0 aromatic carbocycles. The minimum absolute atomic E-state index is 0. The molecule has 0 amide bonds. The molecule has 0 heterocycles. The molecule has 0 nitrogen and oxygen atoms in total. The SMILES string of the molecule is [CH2-]C.[CH2-]C[Si](C)(C)C.[Rh+2]. The van der Waals surface area contributed by atoms with Crippen molar-refractivity contribution in [3.8, 4) is 0 Å². The smallest absolute Gasteiger partial charge is 0.346 e. The van der Waals surface area contributed by atoms with Crippen LogP contribution in [0, 0.1) is 13.8 Å². The molecule has 0 aliphatic heterocycles. The average molecular weight is 233 g/mol. The van der Waals surface area contributed by atoms with E-state index in [0.29, 0.717) is 0 Å². The number of hydrogen-bond donors (Lipinski definition) is 0. The second kappa shape index (κ2) is 8.84. The van der Waals surface area contributed by atoms with Crippen LogP contribution >= 0.6 is 0 Å². The van der Waals surface area contributed by atoms with Gasteiger partial charge in [0.25, 0.3) is 0 Å². The molecule has 0 spiro atoms. The van der Waals surface area contributed by atoms with Gasteiger partial charge in [-0.25, -0.2) is 0 Å². The topological polar surface area (TPSA) is 0 Å². The number of hydrogen-bond acceptors (Lipinski definition) is 0. The first-order valence-electron chi connectivity index (χ1n) is 3.06. The van der Waals surface area contributed by atoms with E-state index in [0.717, 1.165) is 6.04 Å². The maximum absolute atomic E-state index is 3.82. The minimum Gasteiger partial charge on any atom is -0.346 e. The zero-order valence-electron chi connectivity index (χ0n) is 6.95. The molecule has 0 saturated carbocycles. The fourth-order valence-electron chi connectivity index (χ4n) is 0. The summed E-state index contributed by atoms with van der Waals surface area (Å²) in [6.45, 7) is 15.8. The maximum atomic E-state index is 3.82. The van der Waals surface area contributed by atoms with Crippen LogP contribution in [0.4, 0.5) is 0 Å². The van der Waals surface area contributed by atoms with Crippen LogP contribution in [0.1, 0.15) is 6.92 Å². The molecule has 0 atom stereocenters. The van der Waals surface area contributed by atoms with Gasteiger partial charge in [-0.05, 0) is 0 Å². The molecule has 0 rings (SSSR count).